The van der Waals surface area contributed by atoms with Crippen molar-refractivity contribution < 1.29 is 4.42 Å². The summed E-state index contributed by atoms with van der Waals surface area (Å²) in [5, 5.41) is 6.11. The number of nitrogens with zero attached hydrogens (tertiary/aromatic N) is 4. The van der Waals surface area contributed by atoms with Gasteiger partial charge in [-0.15, -0.1) is 0 Å². The lowest BCUT2D eigenvalue weighted by Gasteiger charge is -2.05. The van der Waals surface area contributed by atoms with Crippen LogP contribution >= 0.6 is 11.6 Å². The van der Waals surface area contributed by atoms with Gasteiger partial charge in [-0.1, -0.05) is 29.8 Å². The Kier molecular flexibility index (Phi) is 3.42. The quantitative estimate of drug-likeness (QED) is 0.480. The molecule has 5 rings (SSSR count). The van der Waals surface area contributed by atoms with Crippen LogP contribution in [-0.4, -0.2) is 19.7 Å². The molecule has 132 valence electrons. The molecule has 6 nitrogen and oxygen atoms in total. The summed E-state index contributed by atoms with van der Waals surface area (Å²) in [6, 6.07) is 17.0. The highest BCUT2D eigenvalue weighted by Gasteiger charge is 2.18. The third-order valence-electron chi connectivity index (χ3n) is 4.45. The van der Waals surface area contributed by atoms with E-state index >= 15 is 0 Å². The molecule has 0 saturated carbocycles. The molecule has 0 unspecified atom stereocenters. The molecular weight excluding hydrogens is 362 g/mol. The lowest BCUT2D eigenvalue weighted by atomic mass is 10.2. The van der Waals surface area contributed by atoms with E-state index in [1.807, 2.05) is 43.3 Å². The second-order valence-electron chi connectivity index (χ2n) is 6.26. The summed E-state index contributed by atoms with van der Waals surface area (Å²) in [7, 11) is 0. The summed E-state index contributed by atoms with van der Waals surface area (Å²) in [5.41, 5.74) is 10.7. The minimum absolute atomic E-state index is 0.331. The summed E-state index contributed by atoms with van der Waals surface area (Å²) in [6.07, 6.45) is 0. The Morgan fingerprint density at radius 1 is 1.04 bits per heavy atom. The number of anilines is 1. The number of benzene rings is 2. The number of nitrogens with two attached hydrogens (primary N) is 1. The Balaban J connectivity index is 1.72. The van der Waals surface area contributed by atoms with Crippen LogP contribution in [-0.2, 0) is 0 Å². The van der Waals surface area contributed by atoms with Crippen molar-refractivity contribution >= 4 is 39.6 Å². The molecule has 0 aliphatic carbocycles. The third-order valence-corrected chi connectivity index (χ3v) is 4.69. The first-order valence-electron chi connectivity index (χ1n) is 8.38. The molecule has 0 aliphatic heterocycles. The Morgan fingerprint density at radius 2 is 1.85 bits per heavy atom. The lowest BCUT2D eigenvalue weighted by molar-refractivity contribution is 0.620. The Morgan fingerprint density at radius 3 is 2.67 bits per heavy atom. The molecule has 0 fully saturated rings. The Bertz CT molecular complexity index is 1310. The molecule has 0 bridgehead atoms. The third kappa shape index (κ3) is 2.53. The van der Waals surface area contributed by atoms with Crippen molar-refractivity contribution in [1.29, 1.82) is 0 Å². The zero-order valence-corrected chi connectivity index (χ0v) is 15.1. The Hall–Kier alpha value is -3.38. The lowest BCUT2D eigenvalue weighted by Crippen LogP contribution is -2.00. The van der Waals surface area contributed by atoms with E-state index in [0.717, 1.165) is 16.8 Å². The maximum absolute atomic E-state index is 6.25. The van der Waals surface area contributed by atoms with E-state index in [1.54, 1.807) is 22.9 Å². The summed E-state index contributed by atoms with van der Waals surface area (Å²) in [6.45, 7) is 1.94. The van der Waals surface area contributed by atoms with Gasteiger partial charge >= 0.3 is 0 Å². The molecule has 0 spiro atoms. The number of pyridine rings is 1. The molecule has 27 heavy (non-hydrogen) atoms. The highest BCUT2D eigenvalue weighted by atomic mass is 35.5. The fourth-order valence-corrected chi connectivity index (χ4v) is 3.30. The number of aromatic nitrogens is 4. The molecular formula is C20H14ClN5O. The first-order chi connectivity index (χ1) is 13.1. The van der Waals surface area contributed by atoms with E-state index in [2.05, 4.69) is 15.1 Å². The first-order valence-corrected chi connectivity index (χ1v) is 8.76. The van der Waals surface area contributed by atoms with Crippen molar-refractivity contribution in [2.45, 2.75) is 6.92 Å². The number of aryl methyl sites for hydroxylation is 1. The molecule has 2 N–H and O–H groups in total. The van der Waals surface area contributed by atoms with Gasteiger partial charge in [0.1, 0.15) is 11.3 Å². The molecule has 0 radical (unpaired) electrons. The normalized spacial score (nSPS) is 11.5. The predicted molar refractivity (Wildman–Crippen MR) is 106 cm³/mol. The van der Waals surface area contributed by atoms with Gasteiger partial charge in [-0.25, -0.2) is 14.6 Å². The molecule has 7 heteroatoms. The molecule has 3 aromatic heterocycles. The highest BCUT2D eigenvalue weighted by Crippen LogP contribution is 2.32. The van der Waals surface area contributed by atoms with Crippen molar-refractivity contribution in [1.82, 2.24) is 19.7 Å². The van der Waals surface area contributed by atoms with Crippen molar-refractivity contribution in [3.63, 3.8) is 0 Å². The van der Waals surface area contributed by atoms with Crippen LogP contribution in [0.3, 0.4) is 0 Å². The van der Waals surface area contributed by atoms with Crippen molar-refractivity contribution in [2.24, 2.45) is 0 Å². The number of hydrogen-bond acceptors (Lipinski definition) is 5. The molecule has 0 atom stereocenters. The monoisotopic (exact) mass is 375 g/mol. The van der Waals surface area contributed by atoms with E-state index < -0.39 is 0 Å². The Labute approximate surface area is 159 Å². The van der Waals surface area contributed by atoms with Gasteiger partial charge in [-0.3, -0.25) is 0 Å². The molecule has 0 amide bonds. The summed E-state index contributed by atoms with van der Waals surface area (Å²) < 4.78 is 7.64. The molecule has 5 aromatic rings. The molecule has 0 saturated heterocycles. The van der Waals surface area contributed by atoms with Crippen molar-refractivity contribution in [3.8, 4) is 17.1 Å². The van der Waals surface area contributed by atoms with Crippen LogP contribution in [0.4, 0.5) is 5.82 Å². The minimum Gasteiger partial charge on any atom is -0.436 e. The number of para-hydroxylation sites is 1. The van der Waals surface area contributed by atoms with Crippen LogP contribution in [0.15, 0.2) is 59.0 Å². The fraction of sp³-hybridized carbons (Fsp3) is 0.0500. The maximum atomic E-state index is 6.25. The number of rotatable bonds is 2. The van der Waals surface area contributed by atoms with Gasteiger partial charge in [0.25, 0.3) is 0 Å². The summed E-state index contributed by atoms with van der Waals surface area (Å²) >= 11 is 6.04. The fourth-order valence-electron chi connectivity index (χ4n) is 3.13. The zero-order valence-electron chi connectivity index (χ0n) is 14.3. The first kappa shape index (κ1) is 15.8. The van der Waals surface area contributed by atoms with Gasteiger partial charge in [0.05, 0.1) is 16.9 Å². The predicted octanol–water partition coefficient (Wildman–Crippen LogP) is 4.77. The van der Waals surface area contributed by atoms with Crippen molar-refractivity contribution in [2.75, 3.05) is 5.73 Å². The van der Waals surface area contributed by atoms with Gasteiger partial charge in [0, 0.05) is 10.4 Å². The molecule has 2 aromatic carbocycles. The SMILES string of the molecule is Cc1nn(-c2ccccc2)c2nc(N)c(-c3nc4cc(Cl)ccc4o3)cc12. The van der Waals surface area contributed by atoms with Gasteiger partial charge in [-0.05, 0) is 43.3 Å². The van der Waals surface area contributed by atoms with E-state index in [-0.39, 0.29) is 0 Å². The number of fused-ring (bicyclic) bond motifs is 2. The standard InChI is InChI=1S/C20H14ClN5O/c1-11-14-10-15(20-23-16-9-12(21)7-8-17(16)27-20)18(22)24-19(14)26(25-11)13-5-3-2-4-6-13/h2-10H,1H3,(H2,22,24). The minimum atomic E-state index is 0.331. The zero-order chi connectivity index (χ0) is 18.5. The maximum Gasteiger partial charge on any atom is 0.231 e. The van der Waals surface area contributed by atoms with Crippen molar-refractivity contribution in [3.05, 3.63) is 65.3 Å². The number of halogens is 1. The van der Waals surface area contributed by atoms with Gasteiger partial charge in [0.2, 0.25) is 5.89 Å². The van der Waals surface area contributed by atoms with Crippen LogP contribution in [0.25, 0.3) is 39.3 Å². The summed E-state index contributed by atoms with van der Waals surface area (Å²) in [4.78, 5) is 9.10. The number of oxazole rings is 1. The van der Waals surface area contributed by atoms with E-state index in [4.69, 9.17) is 21.8 Å². The number of nitrogen functional groups attached to an aromatic ring is 1. The summed E-state index contributed by atoms with van der Waals surface area (Å²) in [5.74, 6) is 0.739. The van der Waals surface area contributed by atoms with Crippen LogP contribution < -0.4 is 5.73 Å². The van der Waals surface area contributed by atoms with Crippen LogP contribution in [0.2, 0.25) is 5.02 Å². The van der Waals surface area contributed by atoms with Gasteiger partial charge in [0.15, 0.2) is 11.2 Å². The van der Waals surface area contributed by atoms with Gasteiger partial charge < -0.3 is 10.2 Å². The van der Waals surface area contributed by atoms with Gasteiger partial charge in [-0.2, -0.15) is 5.10 Å². The number of hydrogen-bond donors (Lipinski definition) is 1. The molecule has 0 aliphatic rings. The van der Waals surface area contributed by atoms with Crippen LogP contribution in [0.1, 0.15) is 5.69 Å². The smallest absolute Gasteiger partial charge is 0.231 e. The molecule has 3 heterocycles. The van der Waals surface area contributed by atoms with E-state index in [1.165, 1.54) is 0 Å². The largest absolute Gasteiger partial charge is 0.436 e. The highest BCUT2D eigenvalue weighted by molar-refractivity contribution is 6.31. The average Bonchev–Trinajstić information content (AvgIpc) is 3.22. The van der Waals surface area contributed by atoms with Crippen LogP contribution in [0, 0.1) is 6.92 Å². The average molecular weight is 376 g/mol. The second-order valence-corrected chi connectivity index (χ2v) is 6.69. The topological polar surface area (TPSA) is 82.8 Å². The van der Waals surface area contributed by atoms with E-state index in [9.17, 15) is 0 Å². The second kappa shape index (κ2) is 5.82. The van der Waals surface area contributed by atoms with E-state index in [0.29, 0.717) is 39.0 Å². The van der Waals surface area contributed by atoms with Crippen LogP contribution in [0.5, 0.6) is 0 Å².